The lowest BCUT2D eigenvalue weighted by Crippen LogP contribution is -1.63. The minimum absolute atomic E-state index is 1.06. The lowest BCUT2D eigenvalue weighted by molar-refractivity contribution is 1.40. The van der Waals surface area contributed by atoms with Crippen molar-refractivity contribution in [3.8, 4) is 0 Å². The highest BCUT2D eigenvalue weighted by molar-refractivity contribution is 7.10. The van der Waals surface area contributed by atoms with Crippen LogP contribution in [0.1, 0.15) is 11.8 Å². The van der Waals surface area contributed by atoms with Gasteiger partial charge in [-0.05, 0) is 12.5 Å². The molecular weight excluding hydrogens is 118 g/mol. The first kappa shape index (κ1) is 5.51. The molecule has 0 bridgehead atoms. The maximum absolute atomic E-state index is 3.78. The van der Waals surface area contributed by atoms with E-state index in [9.17, 15) is 0 Å². The Morgan fingerprint density at radius 3 is 3.00 bits per heavy atom. The van der Waals surface area contributed by atoms with Gasteiger partial charge in [0, 0.05) is 11.1 Å². The highest BCUT2D eigenvalue weighted by Gasteiger charge is 1.90. The van der Waals surface area contributed by atoms with E-state index in [0.717, 1.165) is 10.5 Å². The van der Waals surface area contributed by atoms with Crippen LogP contribution in [-0.2, 0) is 0 Å². The summed E-state index contributed by atoms with van der Waals surface area (Å²) in [5, 5.41) is 0. The summed E-state index contributed by atoms with van der Waals surface area (Å²) in [4.78, 5) is 4.89. The summed E-state index contributed by atoms with van der Waals surface area (Å²) in [6, 6.07) is 0. The van der Waals surface area contributed by atoms with Crippen LogP contribution in [0.3, 0.4) is 0 Å². The maximum atomic E-state index is 3.78. The van der Waals surface area contributed by atoms with Crippen molar-refractivity contribution < 1.29 is 0 Å². The third kappa shape index (κ3) is 0.954. The Labute approximate surface area is 52.7 Å². The number of rotatable bonds is 1. The summed E-state index contributed by atoms with van der Waals surface area (Å²) in [5.41, 5.74) is 3.80. The van der Waals surface area contributed by atoms with Gasteiger partial charge in [0.25, 0.3) is 0 Å². The van der Waals surface area contributed by atoms with Gasteiger partial charge in [-0.25, -0.2) is 4.98 Å². The van der Waals surface area contributed by atoms with Crippen LogP contribution >= 0.6 is 11.3 Å². The molecule has 0 aliphatic rings. The van der Waals surface area contributed by atoms with E-state index in [1.165, 1.54) is 11.3 Å². The molecule has 8 heavy (non-hydrogen) atoms. The Kier molecular flexibility index (Phi) is 1.44. The van der Waals surface area contributed by atoms with E-state index in [4.69, 9.17) is 0 Å². The van der Waals surface area contributed by atoms with Gasteiger partial charge >= 0.3 is 0 Å². The smallest absolute Gasteiger partial charge is 0.152 e. The van der Waals surface area contributed by atoms with Gasteiger partial charge in [0.1, 0.15) is 0 Å². The summed E-state index contributed by atoms with van der Waals surface area (Å²) in [6.07, 6.45) is 1.77. The number of aromatic nitrogens is 1. The average Bonchev–Trinajstić information content (AvgIpc) is 2.12. The molecule has 0 N–H and O–H groups in total. The maximum Gasteiger partial charge on any atom is 0.152 e. The molecule has 0 unspecified atom stereocenters. The van der Waals surface area contributed by atoms with E-state index >= 15 is 0 Å². The molecule has 0 saturated heterocycles. The summed E-state index contributed by atoms with van der Waals surface area (Å²) >= 11 is 1.50. The topological polar surface area (TPSA) is 12.9 Å². The zero-order chi connectivity index (χ0) is 5.98. The molecule has 1 heterocycles. The van der Waals surface area contributed by atoms with Crippen molar-refractivity contribution in [2.75, 3.05) is 0 Å². The van der Waals surface area contributed by atoms with Gasteiger partial charge in [0.2, 0.25) is 0 Å². The fourth-order valence-electron chi connectivity index (χ4n) is 0.384. The summed E-state index contributed by atoms with van der Waals surface area (Å²) in [5.74, 6) is 0. The predicted molar refractivity (Wildman–Crippen MR) is 35.7 cm³/mol. The van der Waals surface area contributed by atoms with E-state index in [2.05, 4.69) is 17.1 Å². The van der Waals surface area contributed by atoms with Crippen molar-refractivity contribution in [3.63, 3.8) is 0 Å². The van der Waals surface area contributed by atoms with Crippen molar-refractivity contribution in [1.29, 1.82) is 0 Å². The van der Waals surface area contributed by atoms with Crippen LogP contribution < -0.4 is 0 Å². The van der Waals surface area contributed by atoms with Gasteiger partial charge < -0.3 is 0 Å². The fraction of sp³-hybridized carbons (Fsp3) is 0.167. The summed E-state index contributed by atoms with van der Waals surface area (Å²) in [6.45, 7) is 5.71. The van der Waals surface area contributed by atoms with Gasteiger partial charge in [0.15, 0.2) is 5.51 Å². The summed E-state index contributed by atoms with van der Waals surface area (Å²) in [7, 11) is 0. The van der Waals surface area contributed by atoms with Gasteiger partial charge in [-0.1, -0.05) is 6.58 Å². The molecule has 0 fully saturated rings. The molecule has 1 radical (unpaired) electrons. The molecular formula is C6H6NS. The molecule has 0 saturated carbocycles. The Hall–Kier alpha value is -0.630. The van der Waals surface area contributed by atoms with E-state index in [-0.39, 0.29) is 0 Å². The minimum atomic E-state index is 1.06. The molecule has 0 aliphatic heterocycles. The van der Waals surface area contributed by atoms with Crippen LogP contribution in [0.5, 0.6) is 0 Å². The van der Waals surface area contributed by atoms with Crippen molar-refractivity contribution in [2.24, 2.45) is 0 Å². The lowest BCUT2D eigenvalue weighted by Gasteiger charge is -1.84. The van der Waals surface area contributed by atoms with E-state index in [1.54, 1.807) is 6.20 Å². The number of thiazole rings is 1. The Morgan fingerprint density at radius 1 is 2.00 bits per heavy atom. The van der Waals surface area contributed by atoms with Crippen molar-refractivity contribution in [2.45, 2.75) is 6.92 Å². The Morgan fingerprint density at radius 2 is 2.75 bits per heavy atom. The van der Waals surface area contributed by atoms with Crippen molar-refractivity contribution in [3.05, 3.63) is 23.2 Å². The minimum Gasteiger partial charge on any atom is -0.241 e. The van der Waals surface area contributed by atoms with Crippen LogP contribution in [0.25, 0.3) is 5.57 Å². The first-order chi connectivity index (χ1) is 3.80. The van der Waals surface area contributed by atoms with E-state index < -0.39 is 0 Å². The zero-order valence-corrected chi connectivity index (χ0v) is 5.46. The summed E-state index contributed by atoms with van der Waals surface area (Å²) < 4.78 is 0. The molecule has 1 rings (SSSR count). The highest BCUT2D eigenvalue weighted by atomic mass is 32.1. The van der Waals surface area contributed by atoms with Gasteiger partial charge in [0.05, 0.1) is 0 Å². The molecule has 0 spiro atoms. The van der Waals surface area contributed by atoms with E-state index in [1.807, 2.05) is 6.92 Å². The normalized spacial score (nSPS) is 9.12. The molecule has 41 valence electrons. The third-order valence-electron chi connectivity index (χ3n) is 0.811. The molecule has 2 heteroatoms. The van der Waals surface area contributed by atoms with Crippen LogP contribution in [-0.4, -0.2) is 4.98 Å². The van der Waals surface area contributed by atoms with Gasteiger partial charge in [-0.2, -0.15) is 0 Å². The van der Waals surface area contributed by atoms with Crippen LogP contribution in [0, 0.1) is 5.51 Å². The van der Waals surface area contributed by atoms with Gasteiger partial charge in [-0.15, -0.1) is 11.3 Å². The predicted octanol–water partition coefficient (Wildman–Crippen LogP) is 1.98. The Balaban J connectivity index is 2.93. The largest absolute Gasteiger partial charge is 0.241 e. The molecule has 0 amide bonds. The number of hydrogen-bond donors (Lipinski definition) is 0. The zero-order valence-electron chi connectivity index (χ0n) is 4.64. The number of nitrogens with zero attached hydrogens (tertiary/aromatic N) is 1. The average molecular weight is 124 g/mol. The first-order valence-corrected chi connectivity index (χ1v) is 3.10. The second-order valence-electron chi connectivity index (χ2n) is 1.60. The van der Waals surface area contributed by atoms with Gasteiger partial charge in [-0.3, -0.25) is 0 Å². The second kappa shape index (κ2) is 2.09. The lowest BCUT2D eigenvalue weighted by atomic mass is 10.3. The first-order valence-electron chi connectivity index (χ1n) is 2.28. The van der Waals surface area contributed by atoms with E-state index in [0.29, 0.717) is 0 Å². The second-order valence-corrected chi connectivity index (χ2v) is 2.42. The quantitative estimate of drug-likeness (QED) is 0.557. The number of hydrogen-bond acceptors (Lipinski definition) is 2. The van der Waals surface area contributed by atoms with Crippen molar-refractivity contribution >= 4 is 16.9 Å². The molecule has 0 atom stereocenters. The van der Waals surface area contributed by atoms with Crippen molar-refractivity contribution in [1.82, 2.24) is 4.98 Å². The standard InChI is InChI=1S/C6H6NS/c1-5(2)6-3-7-4-8-6/h3H,1H2,2H3. The molecule has 1 aromatic heterocycles. The van der Waals surface area contributed by atoms with Crippen LogP contribution in [0.2, 0.25) is 0 Å². The molecule has 0 aromatic carbocycles. The highest BCUT2D eigenvalue weighted by Crippen LogP contribution is 2.13. The van der Waals surface area contributed by atoms with Crippen LogP contribution in [0.4, 0.5) is 0 Å². The molecule has 1 aromatic rings. The fourth-order valence-corrected chi connectivity index (χ4v) is 0.868. The molecule has 1 nitrogen and oxygen atoms in total. The molecule has 0 aliphatic carbocycles. The third-order valence-corrected chi connectivity index (χ3v) is 1.68. The SMILES string of the molecule is C=C(C)c1cn[c]s1. The van der Waals surface area contributed by atoms with Crippen LogP contribution in [0.15, 0.2) is 12.8 Å². The monoisotopic (exact) mass is 124 g/mol. The Bertz CT molecular complexity index is 176. The number of allylic oxidation sites excluding steroid dienone is 1.